The highest BCUT2D eigenvalue weighted by Gasteiger charge is 2.14. The first-order chi connectivity index (χ1) is 15.7. The van der Waals surface area contributed by atoms with Gasteiger partial charge in [0.15, 0.2) is 6.29 Å². The highest BCUT2D eigenvalue weighted by atomic mass is 16.7. The van der Waals surface area contributed by atoms with Crippen LogP contribution in [0.25, 0.3) is 11.0 Å². The van der Waals surface area contributed by atoms with E-state index in [4.69, 9.17) is 18.9 Å². The Hall–Kier alpha value is -2.94. The number of nitrogens with zero attached hydrogens (tertiary/aromatic N) is 2. The van der Waals surface area contributed by atoms with E-state index in [9.17, 15) is 4.79 Å². The molecule has 0 unspecified atom stereocenters. The van der Waals surface area contributed by atoms with Crippen LogP contribution in [0, 0.1) is 0 Å². The molecule has 8 heteroatoms. The first kappa shape index (κ1) is 23.7. The Morgan fingerprint density at radius 1 is 1.03 bits per heavy atom. The summed E-state index contributed by atoms with van der Waals surface area (Å²) in [6, 6.07) is 17.3. The maximum Gasteiger partial charge on any atom is 0.240 e. The lowest BCUT2D eigenvalue weighted by atomic mass is 10.3. The van der Waals surface area contributed by atoms with E-state index in [1.54, 1.807) is 0 Å². The van der Waals surface area contributed by atoms with Gasteiger partial charge < -0.3 is 28.8 Å². The highest BCUT2D eigenvalue weighted by molar-refractivity contribution is 5.81. The average molecular weight is 442 g/mol. The van der Waals surface area contributed by atoms with Crippen molar-refractivity contribution >= 4 is 16.9 Å². The molecule has 1 aromatic heterocycles. The molecule has 2 aromatic carbocycles. The van der Waals surface area contributed by atoms with Crippen LogP contribution in [0.15, 0.2) is 54.6 Å². The molecule has 0 fully saturated rings. The van der Waals surface area contributed by atoms with E-state index in [1.807, 2.05) is 73.0 Å². The number of carbonyl (C=O) groups is 1. The lowest BCUT2D eigenvalue weighted by Crippen LogP contribution is -2.32. The Labute approximate surface area is 188 Å². The van der Waals surface area contributed by atoms with Gasteiger partial charge in [-0.25, -0.2) is 4.98 Å². The first-order valence-electron chi connectivity index (χ1n) is 10.9. The van der Waals surface area contributed by atoms with E-state index in [2.05, 4.69) is 10.3 Å². The van der Waals surface area contributed by atoms with Crippen molar-refractivity contribution < 1.29 is 23.7 Å². The molecule has 1 amide bonds. The Morgan fingerprint density at radius 2 is 1.75 bits per heavy atom. The second-order valence-corrected chi connectivity index (χ2v) is 6.97. The van der Waals surface area contributed by atoms with Crippen molar-refractivity contribution in [2.24, 2.45) is 0 Å². The quantitative estimate of drug-likeness (QED) is 0.306. The number of imidazole rings is 1. The fraction of sp³-hybridized carbons (Fsp3) is 0.417. The minimum atomic E-state index is -0.384. The van der Waals surface area contributed by atoms with Crippen LogP contribution in [0.5, 0.6) is 5.75 Å². The van der Waals surface area contributed by atoms with Crippen LogP contribution < -0.4 is 10.1 Å². The number of aromatic nitrogens is 2. The van der Waals surface area contributed by atoms with Crippen LogP contribution in [0.3, 0.4) is 0 Å². The second kappa shape index (κ2) is 12.8. The van der Waals surface area contributed by atoms with Crippen LogP contribution in [-0.4, -0.2) is 54.7 Å². The highest BCUT2D eigenvalue weighted by Crippen LogP contribution is 2.18. The monoisotopic (exact) mass is 441 g/mol. The fourth-order valence-corrected chi connectivity index (χ4v) is 3.23. The van der Waals surface area contributed by atoms with Gasteiger partial charge in [0.05, 0.1) is 24.2 Å². The predicted molar refractivity (Wildman–Crippen MR) is 121 cm³/mol. The number of rotatable bonds is 14. The number of nitrogens with one attached hydrogen (secondary N) is 1. The molecule has 0 atom stereocenters. The van der Waals surface area contributed by atoms with Crippen molar-refractivity contribution in [3.8, 4) is 5.75 Å². The third-order valence-corrected chi connectivity index (χ3v) is 4.67. The van der Waals surface area contributed by atoms with Gasteiger partial charge in [-0.05, 0) is 38.1 Å². The van der Waals surface area contributed by atoms with Crippen LogP contribution in [0.1, 0.15) is 19.7 Å². The number of para-hydroxylation sites is 3. The zero-order valence-electron chi connectivity index (χ0n) is 18.7. The van der Waals surface area contributed by atoms with Crippen molar-refractivity contribution in [1.29, 1.82) is 0 Å². The molecular weight excluding hydrogens is 410 g/mol. The Bertz CT molecular complexity index is 955. The summed E-state index contributed by atoms with van der Waals surface area (Å²) in [4.78, 5) is 17.2. The van der Waals surface area contributed by atoms with Gasteiger partial charge in [0.2, 0.25) is 5.91 Å². The van der Waals surface area contributed by atoms with Crippen LogP contribution >= 0.6 is 0 Å². The van der Waals surface area contributed by atoms with Gasteiger partial charge >= 0.3 is 0 Å². The van der Waals surface area contributed by atoms with E-state index < -0.39 is 0 Å². The van der Waals surface area contributed by atoms with Crippen molar-refractivity contribution in [2.45, 2.75) is 33.3 Å². The molecule has 0 aliphatic rings. The smallest absolute Gasteiger partial charge is 0.240 e. The molecule has 0 aliphatic carbocycles. The number of hydrogen-bond donors (Lipinski definition) is 1. The number of fused-ring (bicyclic) bond motifs is 1. The Kier molecular flexibility index (Phi) is 9.49. The largest absolute Gasteiger partial charge is 0.486 e. The summed E-state index contributed by atoms with van der Waals surface area (Å²) in [5, 5.41) is 2.89. The molecule has 1 heterocycles. The maximum atomic E-state index is 12.6. The third-order valence-electron chi connectivity index (χ3n) is 4.67. The Balaban J connectivity index is 1.53. The number of hydrogen-bond acceptors (Lipinski definition) is 6. The summed E-state index contributed by atoms with van der Waals surface area (Å²) in [6.45, 7) is 6.43. The van der Waals surface area contributed by atoms with E-state index in [0.717, 1.165) is 16.8 Å². The molecule has 0 radical (unpaired) electrons. The molecule has 172 valence electrons. The third kappa shape index (κ3) is 7.05. The van der Waals surface area contributed by atoms with Gasteiger partial charge in [-0.2, -0.15) is 0 Å². The molecule has 3 aromatic rings. The molecule has 0 spiro atoms. The predicted octanol–water partition coefficient (Wildman–Crippen LogP) is 3.15. The molecule has 1 N–H and O–H groups in total. The zero-order chi connectivity index (χ0) is 22.6. The minimum absolute atomic E-state index is 0.121. The summed E-state index contributed by atoms with van der Waals surface area (Å²) < 4.78 is 24.2. The number of ether oxygens (including phenoxy) is 4. The molecule has 0 aliphatic heterocycles. The van der Waals surface area contributed by atoms with Crippen molar-refractivity contribution in [2.75, 3.05) is 33.0 Å². The summed E-state index contributed by atoms with van der Waals surface area (Å²) in [5.41, 5.74) is 1.72. The number of carbonyl (C=O) groups excluding carboxylic acids is 1. The second-order valence-electron chi connectivity index (χ2n) is 6.97. The molecule has 3 rings (SSSR count). The van der Waals surface area contributed by atoms with Crippen molar-refractivity contribution in [3.05, 3.63) is 60.4 Å². The average Bonchev–Trinajstić information content (AvgIpc) is 3.15. The zero-order valence-corrected chi connectivity index (χ0v) is 18.7. The van der Waals surface area contributed by atoms with Gasteiger partial charge in [-0.3, -0.25) is 4.79 Å². The van der Waals surface area contributed by atoms with Crippen molar-refractivity contribution in [1.82, 2.24) is 14.9 Å². The lowest BCUT2D eigenvalue weighted by molar-refractivity contribution is -0.167. The summed E-state index contributed by atoms with van der Waals surface area (Å²) in [7, 11) is 0. The molecule has 0 bridgehead atoms. The van der Waals surface area contributed by atoms with Gasteiger partial charge in [0.1, 0.15) is 24.7 Å². The molecular formula is C24H31N3O5. The van der Waals surface area contributed by atoms with Crippen LogP contribution in [0.4, 0.5) is 0 Å². The van der Waals surface area contributed by atoms with Crippen LogP contribution in [-0.2, 0) is 32.2 Å². The molecule has 32 heavy (non-hydrogen) atoms. The Morgan fingerprint density at radius 3 is 2.50 bits per heavy atom. The number of benzene rings is 2. The first-order valence-corrected chi connectivity index (χ1v) is 10.9. The van der Waals surface area contributed by atoms with E-state index in [1.165, 1.54) is 0 Å². The van der Waals surface area contributed by atoms with Crippen molar-refractivity contribution in [3.63, 3.8) is 0 Å². The summed E-state index contributed by atoms with van der Waals surface area (Å²) in [5.74, 6) is 1.33. The normalized spacial score (nSPS) is 11.2. The summed E-state index contributed by atoms with van der Waals surface area (Å²) in [6.07, 6.45) is -0.384. The van der Waals surface area contributed by atoms with Crippen LogP contribution in [0.2, 0.25) is 0 Å². The molecule has 8 nitrogen and oxygen atoms in total. The van der Waals surface area contributed by atoms with Gasteiger partial charge in [0.25, 0.3) is 0 Å². The maximum absolute atomic E-state index is 12.6. The topological polar surface area (TPSA) is 83.8 Å². The SMILES string of the molecule is CCOC(COCCNC(=O)Cn1c(COc2ccccc2)nc2ccccc21)OCC. The minimum Gasteiger partial charge on any atom is -0.486 e. The van der Waals surface area contributed by atoms with Gasteiger partial charge in [0, 0.05) is 19.8 Å². The van der Waals surface area contributed by atoms with Gasteiger partial charge in [-0.1, -0.05) is 30.3 Å². The van der Waals surface area contributed by atoms with E-state index in [-0.39, 0.29) is 25.3 Å². The fourth-order valence-electron chi connectivity index (χ4n) is 3.23. The van der Waals surface area contributed by atoms with Gasteiger partial charge in [-0.15, -0.1) is 0 Å². The lowest BCUT2D eigenvalue weighted by Gasteiger charge is -2.17. The molecule has 0 saturated heterocycles. The standard InChI is InChI=1S/C24H31N3O5/c1-3-30-24(31-4-2)18-29-15-14-25-23(28)16-27-21-13-9-8-12-20(21)26-22(27)17-32-19-10-6-5-7-11-19/h5-13,24H,3-4,14-18H2,1-2H3,(H,25,28). The number of amides is 1. The van der Waals surface area contributed by atoms with E-state index in [0.29, 0.717) is 38.8 Å². The molecule has 0 saturated carbocycles. The van der Waals surface area contributed by atoms with E-state index >= 15 is 0 Å². The summed E-state index contributed by atoms with van der Waals surface area (Å²) >= 11 is 0.